The number of fused-ring (bicyclic) bond motifs is 1. The molecule has 2 heterocycles. The van der Waals surface area contributed by atoms with Crippen molar-refractivity contribution in [2.75, 3.05) is 26.4 Å². The van der Waals surface area contributed by atoms with E-state index in [1.807, 2.05) is 0 Å². The van der Waals surface area contributed by atoms with Gasteiger partial charge in [0.25, 0.3) is 0 Å². The van der Waals surface area contributed by atoms with Gasteiger partial charge in [0.05, 0.1) is 19.8 Å². The highest BCUT2D eigenvalue weighted by molar-refractivity contribution is 5.40. The van der Waals surface area contributed by atoms with Gasteiger partial charge in [-0.05, 0) is 23.6 Å². The van der Waals surface area contributed by atoms with Gasteiger partial charge in [0, 0.05) is 24.4 Å². The fraction of sp³-hybridized carbons (Fsp3) is 0.625. The lowest BCUT2D eigenvalue weighted by molar-refractivity contribution is -0.100. The largest absolute Gasteiger partial charge is 0.493 e. The Kier molecular flexibility index (Phi) is 3.50. The summed E-state index contributed by atoms with van der Waals surface area (Å²) >= 11 is 0. The molecule has 0 saturated carbocycles. The van der Waals surface area contributed by atoms with Gasteiger partial charge in [-0.15, -0.1) is 0 Å². The maximum atomic E-state index is 5.57. The van der Waals surface area contributed by atoms with Gasteiger partial charge in [-0.25, -0.2) is 0 Å². The molecule has 2 aliphatic rings. The molecule has 2 aliphatic heterocycles. The van der Waals surface area contributed by atoms with Gasteiger partial charge in [-0.3, -0.25) is 0 Å². The standard InChI is InChI=1S/C16H23NO2/c1-3-14(17-9-16(2)10-18-11-16)12-4-5-15-13(8-12)6-7-19-15/h4-5,8,14,17H,3,6-7,9-11H2,1-2H3. The highest BCUT2D eigenvalue weighted by Crippen LogP contribution is 2.30. The third-order valence-corrected chi connectivity index (χ3v) is 4.20. The molecule has 0 amide bonds. The number of hydrogen-bond donors (Lipinski definition) is 1. The first kappa shape index (κ1) is 12.9. The Morgan fingerprint density at radius 1 is 1.37 bits per heavy atom. The summed E-state index contributed by atoms with van der Waals surface area (Å²) in [5.41, 5.74) is 3.07. The van der Waals surface area contributed by atoms with Crippen molar-refractivity contribution in [3.8, 4) is 5.75 Å². The Bertz CT molecular complexity index is 454. The molecular formula is C16H23NO2. The van der Waals surface area contributed by atoms with E-state index in [1.54, 1.807) is 0 Å². The SMILES string of the molecule is CCC(NCC1(C)COC1)c1ccc2c(c1)CCO2. The van der Waals surface area contributed by atoms with E-state index in [9.17, 15) is 0 Å². The number of rotatable bonds is 5. The third-order valence-electron chi connectivity index (χ3n) is 4.20. The monoisotopic (exact) mass is 261 g/mol. The number of hydrogen-bond acceptors (Lipinski definition) is 3. The minimum absolute atomic E-state index is 0.327. The lowest BCUT2D eigenvalue weighted by Gasteiger charge is -2.39. The van der Waals surface area contributed by atoms with Crippen molar-refractivity contribution in [1.29, 1.82) is 0 Å². The zero-order valence-corrected chi connectivity index (χ0v) is 11.9. The van der Waals surface area contributed by atoms with Crippen molar-refractivity contribution in [2.24, 2.45) is 5.41 Å². The van der Waals surface area contributed by atoms with Crippen molar-refractivity contribution in [3.05, 3.63) is 29.3 Å². The van der Waals surface area contributed by atoms with Crippen LogP contribution in [-0.2, 0) is 11.2 Å². The van der Waals surface area contributed by atoms with Crippen LogP contribution >= 0.6 is 0 Å². The Morgan fingerprint density at radius 2 is 2.21 bits per heavy atom. The van der Waals surface area contributed by atoms with Crippen molar-refractivity contribution in [3.63, 3.8) is 0 Å². The highest BCUT2D eigenvalue weighted by Gasteiger charge is 2.33. The van der Waals surface area contributed by atoms with E-state index in [-0.39, 0.29) is 0 Å². The number of ether oxygens (including phenoxy) is 2. The van der Waals surface area contributed by atoms with Crippen molar-refractivity contribution < 1.29 is 9.47 Å². The van der Waals surface area contributed by atoms with Gasteiger partial charge in [-0.2, -0.15) is 0 Å². The fourth-order valence-electron chi connectivity index (χ4n) is 2.84. The molecule has 1 aromatic carbocycles. The molecule has 1 fully saturated rings. The molecule has 1 saturated heterocycles. The Labute approximate surface area is 115 Å². The summed E-state index contributed by atoms with van der Waals surface area (Å²) in [5.74, 6) is 1.07. The predicted octanol–water partition coefficient (Wildman–Crippen LogP) is 2.70. The lowest BCUT2D eigenvalue weighted by Crippen LogP contribution is -2.47. The topological polar surface area (TPSA) is 30.5 Å². The summed E-state index contributed by atoms with van der Waals surface area (Å²) < 4.78 is 10.9. The van der Waals surface area contributed by atoms with E-state index in [0.717, 1.165) is 45.0 Å². The first-order valence-electron chi connectivity index (χ1n) is 7.27. The smallest absolute Gasteiger partial charge is 0.122 e. The van der Waals surface area contributed by atoms with Crippen LogP contribution in [0.1, 0.15) is 37.4 Å². The van der Waals surface area contributed by atoms with Gasteiger partial charge in [0.2, 0.25) is 0 Å². The van der Waals surface area contributed by atoms with Gasteiger partial charge >= 0.3 is 0 Å². The Balaban J connectivity index is 1.67. The van der Waals surface area contributed by atoms with Crippen LogP contribution in [-0.4, -0.2) is 26.4 Å². The second-order valence-corrected chi connectivity index (χ2v) is 6.11. The first-order chi connectivity index (χ1) is 9.20. The Hall–Kier alpha value is -1.06. The molecule has 3 rings (SSSR count). The minimum Gasteiger partial charge on any atom is -0.493 e. The molecule has 1 aromatic rings. The number of nitrogens with one attached hydrogen (secondary N) is 1. The second kappa shape index (κ2) is 5.14. The molecule has 3 nitrogen and oxygen atoms in total. The van der Waals surface area contributed by atoms with Crippen LogP contribution in [0.25, 0.3) is 0 Å². The van der Waals surface area contributed by atoms with Crippen LogP contribution in [0.2, 0.25) is 0 Å². The van der Waals surface area contributed by atoms with E-state index < -0.39 is 0 Å². The van der Waals surface area contributed by atoms with E-state index in [2.05, 4.69) is 37.4 Å². The summed E-state index contributed by atoms with van der Waals surface area (Å²) in [7, 11) is 0. The second-order valence-electron chi connectivity index (χ2n) is 6.11. The fourth-order valence-corrected chi connectivity index (χ4v) is 2.84. The van der Waals surface area contributed by atoms with Gasteiger partial charge < -0.3 is 14.8 Å². The molecule has 1 atom stereocenters. The minimum atomic E-state index is 0.327. The molecule has 1 N–H and O–H groups in total. The molecule has 0 aliphatic carbocycles. The molecule has 0 radical (unpaired) electrons. The van der Waals surface area contributed by atoms with E-state index >= 15 is 0 Å². The summed E-state index contributed by atoms with van der Waals surface area (Å²) in [6.07, 6.45) is 2.15. The average molecular weight is 261 g/mol. The van der Waals surface area contributed by atoms with Crippen LogP contribution in [0.15, 0.2) is 18.2 Å². The van der Waals surface area contributed by atoms with Gasteiger partial charge in [-0.1, -0.05) is 26.0 Å². The molecule has 0 spiro atoms. The number of benzene rings is 1. The van der Waals surface area contributed by atoms with E-state index in [0.29, 0.717) is 11.5 Å². The van der Waals surface area contributed by atoms with Crippen LogP contribution < -0.4 is 10.1 Å². The van der Waals surface area contributed by atoms with Crippen molar-refractivity contribution in [1.82, 2.24) is 5.32 Å². The molecule has 19 heavy (non-hydrogen) atoms. The van der Waals surface area contributed by atoms with Crippen LogP contribution in [0, 0.1) is 5.41 Å². The van der Waals surface area contributed by atoms with Crippen molar-refractivity contribution >= 4 is 0 Å². The molecule has 104 valence electrons. The van der Waals surface area contributed by atoms with Crippen LogP contribution in [0.4, 0.5) is 0 Å². The Morgan fingerprint density at radius 3 is 2.89 bits per heavy atom. The normalized spacial score (nSPS) is 21.4. The lowest BCUT2D eigenvalue weighted by atomic mass is 9.88. The summed E-state index contributed by atoms with van der Waals surface area (Å²) in [5, 5.41) is 3.70. The van der Waals surface area contributed by atoms with Crippen LogP contribution in [0.3, 0.4) is 0 Å². The van der Waals surface area contributed by atoms with E-state index in [4.69, 9.17) is 9.47 Å². The maximum absolute atomic E-state index is 5.57. The quantitative estimate of drug-likeness (QED) is 0.884. The molecule has 1 unspecified atom stereocenters. The zero-order chi connectivity index (χ0) is 13.3. The highest BCUT2D eigenvalue weighted by atomic mass is 16.5. The van der Waals surface area contributed by atoms with Crippen LogP contribution in [0.5, 0.6) is 5.75 Å². The van der Waals surface area contributed by atoms with E-state index in [1.165, 1.54) is 11.1 Å². The summed E-state index contributed by atoms with van der Waals surface area (Å²) in [6.45, 7) is 8.15. The molecule has 0 bridgehead atoms. The third kappa shape index (κ3) is 2.63. The maximum Gasteiger partial charge on any atom is 0.122 e. The predicted molar refractivity (Wildman–Crippen MR) is 75.6 cm³/mol. The summed E-state index contributed by atoms with van der Waals surface area (Å²) in [4.78, 5) is 0. The zero-order valence-electron chi connectivity index (χ0n) is 11.9. The molecule has 3 heteroatoms. The average Bonchev–Trinajstić information content (AvgIpc) is 2.85. The van der Waals surface area contributed by atoms with Gasteiger partial charge in [0.15, 0.2) is 0 Å². The van der Waals surface area contributed by atoms with Crippen molar-refractivity contribution in [2.45, 2.75) is 32.7 Å². The first-order valence-corrected chi connectivity index (χ1v) is 7.27. The molecular weight excluding hydrogens is 238 g/mol. The summed E-state index contributed by atoms with van der Waals surface area (Å²) in [6, 6.07) is 7.06. The van der Waals surface area contributed by atoms with Gasteiger partial charge in [0.1, 0.15) is 5.75 Å². The molecule has 0 aromatic heterocycles.